The van der Waals surface area contributed by atoms with E-state index in [0.717, 1.165) is 18.6 Å². The number of likely N-dealkylation sites (N-methyl/N-ethyl adjacent to an activating group) is 1. The van der Waals surface area contributed by atoms with Crippen LogP contribution in [-0.4, -0.2) is 25.8 Å². The summed E-state index contributed by atoms with van der Waals surface area (Å²) in [6.45, 7) is 3.11. The number of nitrogens with zero attached hydrogens (tertiary/aromatic N) is 1. The number of nitrogens with two attached hydrogens (primary N) is 1. The van der Waals surface area contributed by atoms with Crippen LogP contribution in [0.5, 0.6) is 0 Å². The number of ether oxygens (including phenoxy) is 1. The second-order valence-electron chi connectivity index (χ2n) is 4.49. The highest BCUT2D eigenvalue weighted by Crippen LogP contribution is 2.29. The third-order valence-electron chi connectivity index (χ3n) is 3.48. The van der Waals surface area contributed by atoms with E-state index in [9.17, 15) is 4.39 Å². The zero-order chi connectivity index (χ0) is 12.4. The first-order chi connectivity index (χ1) is 8.15. The van der Waals surface area contributed by atoms with Crippen molar-refractivity contribution in [1.82, 2.24) is 0 Å². The summed E-state index contributed by atoms with van der Waals surface area (Å²) >= 11 is 0. The summed E-state index contributed by atoms with van der Waals surface area (Å²) in [4.78, 5) is 1.97. The third-order valence-corrected chi connectivity index (χ3v) is 3.48. The van der Waals surface area contributed by atoms with E-state index in [0.29, 0.717) is 12.2 Å². The largest absolute Gasteiger partial charge is 0.376 e. The predicted octanol–water partition coefficient (Wildman–Crippen LogP) is 1.90. The number of halogens is 1. The summed E-state index contributed by atoms with van der Waals surface area (Å²) in [5, 5.41) is 0. The van der Waals surface area contributed by atoms with Gasteiger partial charge in [-0.15, -0.1) is 0 Å². The standard InChI is InChI=1S/C13H19FN2O/c1-9-12(6-7-17-9)16(2)13-10(8-15)4-3-5-11(13)14/h3-5,9,12H,6-8,15H2,1-2H3. The van der Waals surface area contributed by atoms with Crippen LogP contribution in [0.4, 0.5) is 10.1 Å². The minimum atomic E-state index is -0.213. The van der Waals surface area contributed by atoms with Crippen molar-refractivity contribution in [1.29, 1.82) is 0 Å². The zero-order valence-corrected chi connectivity index (χ0v) is 10.3. The monoisotopic (exact) mass is 238 g/mol. The highest BCUT2D eigenvalue weighted by atomic mass is 19.1. The molecule has 0 aliphatic carbocycles. The molecule has 2 rings (SSSR count). The second kappa shape index (κ2) is 5.02. The molecule has 1 aliphatic heterocycles. The number of hydrogen-bond acceptors (Lipinski definition) is 3. The first-order valence-corrected chi connectivity index (χ1v) is 5.97. The predicted molar refractivity (Wildman–Crippen MR) is 66.5 cm³/mol. The van der Waals surface area contributed by atoms with E-state index < -0.39 is 0 Å². The van der Waals surface area contributed by atoms with Crippen LogP contribution in [0.2, 0.25) is 0 Å². The van der Waals surface area contributed by atoms with Crippen LogP contribution >= 0.6 is 0 Å². The van der Waals surface area contributed by atoms with Gasteiger partial charge < -0.3 is 15.4 Å². The molecule has 4 heteroatoms. The molecule has 0 spiro atoms. The Balaban J connectivity index is 2.32. The zero-order valence-electron chi connectivity index (χ0n) is 10.3. The van der Waals surface area contributed by atoms with Crippen molar-refractivity contribution in [2.45, 2.75) is 32.0 Å². The molecule has 0 radical (unpaired) electrons. The van der Waals surface area contributed by atoms with E-state index in [2.05, 4.69) is 0 Å². The molecular weight excluding hydrogens is 219 g/mol. The highest BCUT2D eigenvalue weighted by Gasteiger charge is 2.30. The lowest BCUT2D eigenvalue weighted by Crippen LogP contribution is -2.38. The van der Waals surface area contributed by atoms with Crippen molar-refractivity contribution < 1.29 is 9.13 Å². The molecule has 1 fully saturated rings. The quantitative estimate of drug-likeness (QED) is 0.874. The van der Waals surface area contributed by atoms with Gasteiger partial charge in [-0.1, -0.05) is 12.1 Å². The van der Waals surface area contributed by atoms with Crippen LogP contribution in [-0.2, 0) is 11.3 Å². The van der Waals surface area contributed by atoms with Gasteiger partial charge in [-0.2, -0.15) is 0 Å². The van der Waals surface area contributed by atoms with Crippen molar-refractivity contribution >= 4 is 5.69 Å². The van der Waals surface area contributed by atoms with E-state index >= 15 is 0 Å². The number of hydrogen-bond donors (Lipinski definition) is 1. The SMILES string of the molecule is CC1OCCC1N(C)c1c(F)cccc1CN. The van der Waals surface area contributed by atoms with E-state index in [-0.39, 0.29) is 18.0 Å². The molecule has 0 saturated carbocycles. The molecule has 1 heterocycles. The molecule has 2 N–H and O–H groups in total. The van der Waals surface area contributed by atoms with Crippen LogP contribution in [0.1, 0.15) is 18.9 Å². The summed E-state index contributed by atoms with van der Waals surface area (Å²) in [7, 11) is 1.91. The van der Waals surface area contributed by atoms with Gasteiger partial charge >= 0.3 is 0 Å². The topological polar surface area (TPSA) is 38.5 Å². The van der Waals surface area contributed by atoms with E-state index in [1.54, 1.807) is 6.07 Å². The van der Waals surface area contributed by atoms with Gasteiger partial charge in [0.15, 0.2) is 0 Å². The molecule has 0 aromatic heterocycles. The summed E-state index contributed by atoms with van der Waals surface area (Å²) < 4.78 is 19.5. The highest BCUT2D eigenvalue weighted by molar-refractivity contribution is 5.55. The minimum absolute atomic E-state index is 0.130. The number of para-hydroxylation sites is 1. The third kappa shape index (κ3) is 2.28. The molecule has 94 valence electrons. The maximum atomic E-state index is 13.9. The lowest BCUT2D eigenvalue weighted by atomic mass is 10.1. The van der Waals surface area contributed by atoms with Gasteiger partial charge in [0.05, 0.1) is 17.8 Å². The van der Waals surface area contributed by atoms with E-state index in [1.165, 1.54) is 6.07 Å². The maximum absolute atomic E-state index is 13.9. The Kier molecular flexibility index (Phi) is 3.64. The molecule has 1 aliphatic rings. The molecule has 2 atom stereocenters. The van der Waals surface area contributed by atoms with Gasteiger partial charge in [-0.05, 0) is 25.0 Å². The van der Waals surface area contributed by atoms with Gasteiger partial charge in [0, 0.05) is 20.2 Å². The van der Waals surface area contributed by atoms with Crippen LogP contribution < -0.4 is 10.6 Å². The van der Waals surface area contributed by atoms with E-state index in [1.807, 2.05) is 24.9 Å². The van der Waals surface area contributed by atoms with E-state index in [4.69, 9.17) is 10.5 Å². The molecule has 1 saturated heterocycles. The van der Waals surface area contributed by atoms with Crippen LogP contribution in [0.25, 0.3) is 0 Å². The van der Waals surface area contributed by atoms with Crippen molar-refractivity contribution in [3.63, 3.8) is 0 Å². The summed E-state index contributed by atoms with van der Waals surface area (Å²) in [5.41, 5.74) is 7.11. The number of rotatable bonds is 3. The Labute approximate surface area is 101 Å². The van der Waals surface area contributed by atoms with Gasteiger partial charge in [0.2, 0.25) is 0 Å². The van der Waals surface area contributed by atoms with Crippen LogP contribution in [0.3, 0.4) is 0 Å². The van der Waals surface area contributed by atoms with Crippen molar-refractivity contribution in [3.8, 4) is 0 Å². The first-order valence-electron chi connectivity index (χ1n) is 5.97. The lowest BCUT2D eigenvalue weighted by Gasteiger charge is -2.30. The molecule has 0 amide bonds. The van der Waals surface area contributed by atoms with Gasteiger partial charge in [0.25, 0.3) is 0 Å². The Morgan fingerprint density at radius 3 is 2.88 bits per heavy atom. The van der Waals surface area contributed by atoms with Crippen molar-refractivity contribution in [2.24, 2.45) is 5.73 Å². The molecule has 1 aromatic carbocycles. The fraction of sp³-hybridized carbons (Fsp3) is 0.538. The van der Waals surface area contributed by atoms with Crippen molar-refractivity contribution in [2.75, 3.05) is 18.6 Å². The van der Waals surface area contributed by atoms with Crippen molar-refractivity contribution in [3.05, 3.63) is 29.6 Å². The average Bonchev–Trinajstić information content (AvgIpc) is 2.74. The summed E-state index contributed by atoms with van der Waals surface area (Å²) in [6, 6.07) is 5.27. The fourth-order valence-corrected chi connectivity index (χ4v) is 2.51. The summed E-state index contributed by atoms with van der Waals surface area (Å²) in [6.07, 6.45) is 1.06. The molecular formula is C13H19FN2O. The number of anilines is 1. The lowest BCUT2D eigenvalue weighted by molar-refractivity contribution is 0.118. The Morgan fingerprint density at radius 1 is 1.53 bits per heavy atom. The second-order valence-corrected chi connectivity index (χ2v) is 4.49. The normalized spacial score (nSPS) is 24.0. The Bertz CT molecular complexity index is 397. The Hall–Kier alpha value is -1.13. The first kappa shape index (κ1) is 12.3. The van der Waals surface area contributed by atoms with Crippen LogP contribution in [0.15, 0.2) is 18.2 Å². The number of benzene rings is 1. The van der Waals surface area contributed by atoms with Gasteiger partial charge in [-0.3, -0.25) is 0 Å². The van der Waals surface area contributed by atoms with Gasteiger partial charge in [-0.25, -0.2) is 4.39 Å². The summed E-state index contributed by atoms with van der Waals surface area (Å²) in [5.74, 6) is -0.213. The fourth-order valence-electron chi connectivity index (χ4n) is 2.51. The smallest absolute Gasteiger partial charge is 0.146 e. The molecule has 17 heavy (non-hydrogen) atoms. The Morgan fingerprint density at radius 2 is 2.29 bits per heavy atom. The van der Waals surface area contributed by atoms with Gasteiger partial charge in [0.1, 0.15) is 5.82 Å². The molecule has 0 bridgehead atoms. The average molecular weight is 238 g/mol. The maximum Gasteiger partial charge on any atom is 0.146 e. The molecule has 3 nitrogen and oxygen atoms in total. The molecule has 2 unspecified atom stereocenters. The molecule has 1 aromatic rings. The minimum Gasteiger partial charge on any atom is -0.376 e. The van der Waals surface area contributed by atoms with Crippen LogP contribution in [0, 0.1) is 5.82 Å².